The van der Waals surface area contributed by atoms with Crippen LogP contribution >= 0.6 is 11.6 Å². The zero-order valence-electron chi connectivity index (χ0n) is 12.1. The first-order chi connectivity index (χ1) is 10.1. The molecule has 0 bridgehead atoms. The zero-order valence-corrected chi connectivity index (χ0v) is 12.9. The van der Waals surface area contributed by atoms with Crippen molar-refractivity contribution >= 4 is 17.2 Å². The van der Waals surface area contributed by atoms with Gasteiger partial charge in [0.05, 0.1) is 24.7 Å². The number of rotatable bonds is 4. The molecule has 0 saturated heterocycles. The maximum absolute atomic E-state index is 6.07. The van der Waals surface area contributed by atoms with Crippen LogP contribution in [0.1, 0.15) is 26.8 Å². The summed E-state index contributed by atoms with van der Waals surface area (Å²) in [6, 6.07) is 1.97. The van der Waals surface area contributed by atoms with Gasteiger partial charge in [-0.25, -0.2) is 9.50 Å². The van der Waals surface area contributed by atoms with Crippen LogP contribution in [0, 0.1) is 0 Å². The summed E-state index contributed by atoms with van der Waals surface area (Å²) in [5, 5.41) is 9.02. The predicted molar refractivity (Wildman–Crippen MR) is 80.8 cm³/mol. The van der Waals surface area contributed by atoms with Gasteiger partial charge in [0.2, 0.25) is 0 Å². The van der Waals surface area contributed by atoms with Crippen molar-refractivity contribution in [1.29, 1.82) is 0 Å². The Labute approximate surface area is 127 Å². The minimum atomic E-state index is 0.300. The molecule has 3 aromatic heterocycles. The first-order valence-electron chi connectivity index (χ1n) is 6.81. The van der Waals surface area contributed by atoms with Gasteiger partial charge < -0.3 is 4.74 Å². The molecule has 0 radical (unpaired) electrons. The molecule has 3 rings (SSSR count). The second-order valence-corrected chi connectivity index (χ2v) is 5.33. The molecule has 3 heterocycles. The van der Waals surface area contributed by atoms with Crippen molar-refractivity contribution in [3.63, 3.8) is 0 Å². The van der Waals surface area contributed by atoms with Crippen LogP contribution in [0.25, 0.3) is 16.9 Å². The summed E-state index contributed by atoms with van der Waals surface area (Å²) in [5.74, 6) is 0.625. The standard InChI is InChI=1S/C14H16ClN5O/c1-4-21-12-5-13(15)18-20-11(7-16-14(12)20)10-6-17-19(8-10)9(2)3/h5-9H,4H2,1-3H3. The van der Waals surface area contributed by atoms with Gasteiger partial charge in [0.25, 0.3) is 0 Å². The van der Waals surface area contributed by atoms with Crippen LogP contribution in [0.5, 0.6) is 5.75 Å². The van der Waals surface area contributed by atoms with E-state index in [-0.39, 0.29) is 0 Å². The van der Waals surface area contributed by atoms with E-state index in [1.165, 1.54) is 0 Å². The molecule has 0 N–H and O–H groups in total. The third kappa shape index (κ3) is 2.47. The Morgan fingerprint density at radius 3 is 2.81 bits per heavy atom. The normalized spacial score (nSPS) is 11.5. The van der Waals surface area contributed by atoms with Crippen LogP contribution in [0.2, 0.25) is 5.15 Å². The average Bonchev–Trinajstić information content (AvgIpc) is 3.04. The number of ether oxygens (including phenoxy) is 1. The fraction of sp³-hybridized carbons (Fsp3) is 0.357. The summed E-state index contributed by atoms with van der Waals surface area (Å²) in [6.45, 7) is 6.62. The molecule has 0 atom stereocenters. The highest BCUT2D eigenvalue weighted by Crippen LogP contribution is 2.27. The summed E-state index contributed by atoms with van der Waals surface area (Å²) >= 11 is 6.07. The van der Waals surface area contributed by atoms with Crippen LogP contribution < -0.4 is 4.74 Å². The number of halogens is 1. The number of aromatic nitrogens is 5. The van der Waals surface area contributed by atoms with E-state index in [2.05, 4.69) is 29.0 Å². The Balaban J connectivity index is 2.14. The number of fused-ring (bicyclic) bond motifs is 1. The summed E-state index contributed by atoms with van der Waals surface area (Å²) in [4.78, 5) is 4.39. The molecule has 0 unspecified atom stereocenters. The fourth-order valence-electron chi connectivity index (χ4n) is 2.12. The number of imidazole rings is 1. The smallest absolute Gasteiger partial charge is 0.197 e. The minimum Gasteiger partial charge on any atom is -0.490 e. The van der Waals surface area contributed by atoms with Gasteiger partial charge in [-0.05, 0) is 20.8 Å². The number of hydrogen-bond donors (Lipinski definition) is 0. The van der Waals surface area contributed by atoms with E-state index in [0.29, 0.717) is 29.2 Å². The van der Waals surface area contributed by atoms with Gasteiger partial charge >= 0.3 is 0 Å². The average molecular weight is 306 g/mol. The molecule has 0 aliphatic rings. The van der Waals surface area contributed by atoms with Gasteiger partial charge in [-0.1, -0.05) is 11.6 Å². The molecule has 0 aliphatic heterocycles. The summed E-state index contributed by atoms with van der Waals surface area (Å²) in [7, 11) is 0. The summed E-state index contributed by atoms with van der Waals surface area (Å²) in [5.41, 5.74) is 2.42. The van der Waals surface area contributed by atoms with Gasteiger partial charge in [-0.15, -0.1) is 0 Å². The lowest BCUT2D eigenvalue weighted by Gasteiger charge is -2.06. The quantitative estimate of drug-likeness (QED) is 0.742. The molecule has 3 aromatic rings. The second-order valence-electron chi connectivity index (χ2n) is 4.95. The molecular formula is C14H16ClN5O. The van der Waals surface area contributed by atoms with Gasteiger partial charge in [-0.2, -0.15) is 10.2 Å². The van der Waals surface area contributed by atoms with Crippen LogP contribution in [0.3, 0.4) is 0 Å². The highest BCUT2D eigenvalue weighted by molar-refractivity contribution is 6.29. The van der Waals surface area contributed by atoms with E-state index in [4.69, 9.17) is 16.3 Å². The first kappa shape index (κ1) is 13.9. The Kier molecular flexibility index (Phi) is 3.55. The highest BCUT2D eigenvalue weighted by Gasteiger charge is 2.14. The molecule has 21 heavy (non-hydrogen) atoms. The van der Waals surface area contributed by atoms with Crippen molar-refractivity contribution in [3.8, 4) is 17.0 Å². The summed E-state index contributed by atoms with van der Waals surface area (Å²) < 4.78 is 9.15. The van der Waals surface area contributed by atoms with Gasteiger partial charge in [0.1, 0.15) is 0 Å². The number of nitrogens with zero attached hydrogens (tertiary/aromatic N) is 5. The lowest BCUT2D eigenvalue weighted by Crippen LogP contribution is -2.00. The topological polar surface area (TPSA) is 57.2 Å². The van der Waals surface area contributed by atoms with E-state index in [9.17, 15) is 0 Å². The van der Waals surface area contributed by atoms with Crippen molar-refractivity contribution in [2.75, 3.05) is 6.61 Å². The maximum atomic E-state index is 6.07. The van der Waals surface area contributed by atoms with E-state index in [1.54, 1.807) is 23.0 Å². The SMILES string of the molecule is CCOc1cc(Cl)nn2c(-c3cnn(C(C)C)c3)cnc12. The van der Waals surface area contributed by atoms with Gasteiger partial charge in [0.15, 0.2) is 16.5 Å². The maximum Gasteiger partial charge on any atom is 0.197 e. The lowest BCUT2D eigenvalue weighted by atomic mass is 10.3. The predicted octanol–water partition coefficient (Wildman–Crippen LogP) is 3.23. The Bertz CT molecular complexity index is 777. The first-order valence-corrected chi connectivity index (χ1v) is 7.19. The number of hydrogen-bond acceptors (Lipinski definition) is 4. The van der Waals surface area contributed by atoms with E-state index < -0.39 is 0 Å². The molecule has 0 spiro atoms. The van der Waals surface area contributed by atoms with Crippen LogP contribution in [-0.2, 0) is 0 Å². The van der Waals surface area contributed by atoms with Crippen LogP contribution in [-0.4, -0.2) is 31.0 Å². The van der Waals surface area contributed by atoms with Crippen LogP contribution in [0.15, 0.2) is 24.7 Å². The molecule has 6 nitrogen and oxygen atoms in total. The van der Waals surface area contributed by atoms with Crippen molar-refractivity contribution < 1.29 is 4.74 Å². The van der Waals surface area contributed by atoms with Gasteiger partial charge in [-0.3, -0.25) is 4.68 Å². The van der Waals surface area contributed by atoms with Crippen molar-refractivity contribution in [1.82, 2.24) is 24.4 Å². The minimum absolute atomic E-state index is 0.300. The molecule has 0 fully saturated rings. The lowest BCUT2D eigenvalue weighted by molar-refractivity contribution is 0.341. The van der Waals surface area contributed by atoms with Crippen molar-refractivity contribution in [2.24, 2.45) is 0 Å². The fourth-order valence-corrected chi connectivity index (χ4v) is 2.30. The van der Waals surface area contributed by atoms with E-state index in [1.807, 2.05) is 17.8 Å². The second kappa shape index (κ2) is 5.37. The largest absolute Gasteiger partial charge is 0.490 e. The Morgan fingerprint density at radius 1 is 1.33 bits per heavy atom. The molecule has 0 saturated carbocycles. The van der Waals surface area contributed by atoms with Crippen molar-refractivity contribution in [3.05, 3.63) is 29.8 Å². The summed E-state index contributed by atoms with van der Waals surface area (Å²) in [6.07, 6.45) is 5.52. The Hall–Kier alpha value is -2.08. The molecular weight excluding hydrogens is 290 g/mol. The van der Waals surface area contributed by atoms with Crippen molar-refractivity contribution in [2.45, 2.75) is 26.8 Å². The highest BCUT2D eigenvalue weighted by atomic mass is 35.5. The third-order valence-electron chi connectivity index (χ3n) is 3.13. The molecule has 0 amide bonds. The molecule has 0 aliphatic carbocycles. The molecule has 0 aromatic carbocycles. The molecule has 7 heteroatoms. The van der Waals surface area contributed by atoms with Crippen LogP contribution in [0.4, 0.5) is 0 Å². The monoisotopic (exact) mass is 305 g/mol. The van der Waals surface area contributed by atoms with Gasteiger partial charge in [0, 0.05) is 23.9 Å². The third-order valence-corrected chi connectivity index (χ3v) is 3.31. The van der Waals surface area contributed by atoms with E-state index in [0.717, 1.165) is 11.3 Å². The Morgan fingerprint density at radius 2 is 2.14 bits per heavy atom. The van der Waals surface area contributed by atoms with E-state index >= 15 is 0 Å². The zero-order chi connectivity index (χ0) is 15.0. The molecule has 110 valence electrons.